The van der Waals surface area contributed by atoms with Crippen LogP contribution in [0.3, 0.4) is 0 Å². The zero-order valence-corrected chi connectivity index (χ0v) is 13.2. The van der Waals surface area contributed by atoms with Crippen LogP contribution in [0.2, 0.25) is 0 Å². The average Bonchev–Trinajstić information content (AvgIpc) is 2.49. The monoisotopic (exact) mass is 271 g/mol. The molecule has 0 bridgehead atoms. The summed E-state index contributed by atoms with van der Waals surface area (Å²) >= 11 is 0. The van der Waals surface area contributed by atoms with Gasteiger partial charge in [-0.2, -0.15) is 0 Å². The van der Waals surface area contributed by atoms with Crippen LogP contribution in [0.4, 0.5) is 0 Å². The minimum absolute atomic E-state index is 0.817. The molecule has 20 heavy (non-hydrogen) atoms. The molecule has 1 aliphatic heterocycles. The average molecular weight is 271 g/mol. The Balaban J connectivity index is 1.63. The predicted molar refractivity (Wildman–Crippen MR) is 86.3 cm³/mol. The van der Waals surface area contributed by atoms with Crippen LogP contribution in [0.5, 0.6) is 0 Å². The van der Waals surface area contributed by atoms with Gasteiger partial charge in [0.1, 0.15) is 0 Å². The van der Waals surface area contributed by atoms with Crippen LogP contribution in [0.15, 0.2) is 18.2 Å². The molecule has 0 aromatic heterocycles. The van der Waals surface area contributed by atoms with E-state index in [9.17, 15) is 0 Å². The van der Waals surface area contributed by atoms with Crippen molar-refractivity contribution in [2.75, 3.05) is 13.1 Å². The number of aryl methyl sites for hydroxylation is 2. The summed E-state index contributed by atoms with van der Waals surface area (Å²) in [6.45, 7) is 7.30. The highest BCUT2D eigenvalue weighted by Gasteiger charge is 2.28. The van der Waals surface area contributed by atoms with Crippen LogP contribution >= 0.6 is 0 Å². The van der Waals surface area contributed by atoms with Gasteiger partial charge in [0.05, 0.1) is 0 Å². The highest BCUT2D eigenvalue weighted by molar-refractivity contribution is 5.36. The van der Waals surface area contributed by atoms with Crippen LogP contribution < -0.4 is 0 Å². The fourth-order valence-electron chi connectivity index (χ4n) is 4.48. The van der Waals surface area contributed by atoms with Gasteiger partial charge in [-0.25, -0.2) is 0 Å². The molecule has 1 saturated heterocycles. The minimum Gasteiger partial charge on any atom is -0.300 e. The Morgan fingerprint density at radius 1 is 0.850 bits per heavy atom. The Kier molecular flexibility index (Phi) is 4.45. The lowest BCUT2D eigenvalue weighted by atomic mass is 9.78. The summed E-state index contributed by atoms with van der Waals surface area (Å²) in [4.78, 5) is 2.78. The van der Waals surface area contributed by atoms with Crippen molar-refractivity contribution in [3.8, 4) is 0 Å². The number of nitrogens with zero attached hydrogens (tertiary/aromatic N) is 1. The molecule has 2 aliphatic rings. The highest BCUT2D eigenvalue weighted by atomic mass is 15.2. The Bertz CT molecular complexity index is 417. The molecule has 0 atom stereocenters. The Morgan fingerprint density at radius 3 is 2.05 bits per heavy atom. The fourth-order valence-corrected chi connectivity index (χ4v) is 4.48. The molecule has 0 N–H and O–H groups in total. The third-order valence-corrected chi connectivity index (χ3v) is 5.55. The van der Waals surface area contributed by atoms with Crippen LogP contribution in [-0.2, 0) is 0 Å². The van der Waals surface area contributed by atoms with E-state index in [0.717, 1.165) is 12.0 Å². The molecular weight excluding hydrogens is 242 g/mol. The molecule has 1 aliphatic carbocycles. The van der Waals surface area contributed by atoms with Gasteiger partial charge in [-0.1, -0.05) is 24.6 Å². The lowest BCUT2D eigenvalue weighted by Crippen LogP contribution is -2.41. The molecular formula is C19H29N. The third-order valence-electron chi connectivity index (χ3n) is 5.55. The molecule has 110 valence electrons. The molecule has 0 spiro atoms. The van der Waals surface area contributed by atoms with E-state index >= 15 is 0 Å². The van der Waals surface area contributed by atoms with Gasteiger partial charge in [-0.05, 0) is 88.1 Å². The zero-order valence-electron chi connectivity index (χ0n) is 13.2. The maximum atomic E-state index is 2.78. The summed E-state index contributed by atoms with van der Waals surface area (Å²) in [5, 5.41) is 0. The van der Waals surface area contributed by atoms with E-state index in [1.165, 1.54) is 69.2 Å². The first-order valence-electron chi connectivity index (χ1n) is 8.56. The summed E-state index contributed by atoms with van der Waals surface area (Å²) in [7, 11) is 0. The molecule has 1 heteroatoms. The van der Waals surface area contributed by atoms with Gasteiger partial charge >= 0.3 is 0 Å². The molecule has 1 saturated carbocycles. The van der Waals surface area contributed by atoms with Crippen LogP contribution in [-0.4, -0.2) is 24.0 Å². The van der Waals surface area contributed by atoms with Gasteiger partial charge in [0.15, 0.2) is 0 Å². The van der Waals surface area contributed by atoms with Gasteiger partial charge in [-0.15, -0.1) is 0 Å². The molecule has 0 amide bonds. The third kappa shape index (κ3) is 2.93. The molecule has 2 fully saturated rings. The van der Waals surface area contributed by atoms with E-state index in [2.05, 4.69) is 36.9 Å². The number of piperidine rings is 1. The first-order valence-corrected chi connectivity index (χ1v) is 8.56. The molecule has 1 heterocycles. The number of hydrogen-bond donors (Lipinski definition) is 0. The SMILES string of the molecule is Cc1cccc(C)c1C1CCC(N2CCCCC2)CC1. The lowest BCUT2D eigenvalue weighted by molar-refractivity contribution is 0.125. The van der Waals surface area contributed by atoms with E-state index in [-0.39, 0.29) is 0 Å². The summed E-state index contributed by atoms with van der Waals surface area (Å²) in [6, 6.07) is 7.67. The van der Waals surface area contributed by atoms with Gasteiger partial charge in [0.25, 0.3) is 0 Å². The number of hydrogen-bond acceptors (Lipinski definition) is 1. The predicted octanol–water partition coefficient (Wildman–Crippen LogP) is 4.82. The van der Waals surface area contributed by atoms with Crippen molar-refractivity contribution in [2.45, 2.75) is 70.8 Å². The van der Waals surface area contributed by atoms with Crippen molar-refractivity contribution in [1.29, 1.82) is 0 Å². The van der Waals surface area contributed by atoms with Gasteiger partial charge in [0.2, 0.25) is 0 Å². The van der Waals surface area contributed by atoms with Crippen molar-refractivity contribution >= 4 is 0 Å². The Hall–Kier alpha value is -0.820. The zero-order chi connectivity index (χ0) is 13.9. The van der Waals surface area contributed by atoms with Crippen molar-refractivity contribution in [1.82, 2.24) is 4.90 Å². The van der Waals surface area contributed by atoms with Crippen LogP contribution in [0.1, 0.15) is 67.6 Å². The summed E-state index contributed by atoms with van der Waals surface area (Å²) < 4.78 is 0. The van der Waals surface area contributed by atoms with Gasteiger partial charge in [0, 0.05) is 6.04 Å². The van der Waals surface area contributed by atoms with Crippen LogP contribution in [0, 0.1) is 13.8 Å². The summed E-state index contributed by atoms with van der Waals surface area (Å²) in [5.41, 5.74) is 4.67. The second-order valence-electron chi connectivity index (χ2n) is 6.91. The Labute approximate surface area is 124 Å². The number of rotatable bonds is 2. The highest BCUT2D eigenvalue weighted by Crippen LogP contribution is 2.38. The van der Waals surface area contributed by atoms with Gasteiger partial charge < -0.3 is 4.90 Å². The largest absolute Gasteiger partial charge is 0.300 e. The molecule has 1 aromatic carbocycles. The maximum absolute atomic E-state index is 2.78. The quantitative estimate of drug-likeness (QED) is 0.745. The molecule has 3 rings (SSSR count). The first kappa shape index (κ1) is 14.1. The summed E-state index contributed by atoms with van der Waals surface area (Å²) in [6.07, 6.45) is 9.93. The molecule has 0 unspecified atom stereocenters. The molecule has 1 nitrogen and oxygen atoms in total. The van der Waals surface area contributed by atoms with E-state index in [1.54, 1.807) is 5.56 Å². The van der Waals surface area contributed by atoms with Crippen molar-refractivity contribution in [2.24, 2.45) is 0 Å². The van der Waals surface area contributed by atoms with E-state index in [4.69, 9.17) is 0 Å². The van der Waals surface area contributed by atoms with E-state index in [0.29, 0.717) is 0 Å². The number of likely N-dealkylation sites (tertiary alicyclic amines) is 1. The van der Waals surface area contributed by atoms with Crippen molar-refractivity contribution in [3.63, 3.8) is 0 Å². The number of benzene rings is 1. The molecule has 0 radical (unpaired) electrons. The van der Waals surface area contributed by atoms with E-state index in [1.807, 2.05) is 0 Å². The van der Waals surface area contributed by atoms with Gasteiger partial charge in [-0.3, -0.25) is 0 Å². The standard InChI is InChI=1S/C19H29N/c1-15-7-6-8-16(2)19(15)17-9-11-18(12-10-17)20-13-4-3-5-14-20/h6-8,17-18H,3-5,9-14H2,1-2H3. The molecule has 1 aromatic rings. The van der Waals surface area contributed by atoms with E-state index < -0.39 is 0 Å². The Morgan fingerprint density at radius 2 is 1.45 bits per heavy atom. The topological polar surface area (TPSA) is 3.24 Å². The normalized spacial score (nSPS) is 28.5. The summed E-state index contributed by atoms with van der Waals surface area (Å²) in [5.74, 6) is 0.817. The first-order chi connectivity index (χ1) is 9.75. The lowest BCUT2D eigenvalue weighted by Gasteiger charge is -2.39. The minimum atomic E-state index is 0.817. The second-order valence-corrected chi connectivity index (χ2v) is 6.91. The fraction of sp³-hybridized carbons (Fsp3) is 0.684. The van der Waals surface area contributed by atoms with Crippen molar-refractivity contribution in [3.05, 3.63) is 34.9 Å². The second kappa shape index (κ2) is 6.30. The smallest absolute Gasteiger partial charge is 0.00956 e. The maximum Gasteiger partial charge on any atom is 0.00956 e. The van der Waals surface area contributed by atoms with Crippen molar-refractivity contribution < 1.29 is 0 Å². The van der Waals surface area contributed by atoms with Crippen LogP contribution in [0.25, 0.3) is 0 Å².